The molecule has 31 heavy (non-hydrogen) atoms. The molecule has 1 aromatic heterocycles. The van der Waals surface area contributed by atoms with Crippen molar-refractivity contribution >= 4 is 23.0 Å². The van der Waals surface area contributed by atoms with Crippen molar-refractivity contribution in [1.82, 2.24) is 14.9 Å². The Morgan fingerprint density at radius 1 is 1.10 bits per heavy atom. The molecule has 0 radical (unpaired) electrons. The molecule has 2 aliphatic rings. The number of nitrogens with two attached hydrogens (primary N) is 1. The Hall–Kier alpha value is -3.62. The molecular formula is C22H19F4N5. The number of alkyl halides is 3. The van der Waals surface area contributed by atoms with E-state index in [0.29, 0.717) is 5.70 Å². The molecule has 0 spiro atoms. The summed E-state index contributed by atoms with van der Waals surface area (Å²) in [4.78, 5) is 10.3. The topological polar surface area (TPSA) is 67.1 Å². The molecule has 1 unspecified atom stereocenters. The monoisotopic (exact) mass is 429 g/mol. The number of nitrogens with zero attached hydrogens (tertiary/aromatic N) is 3. The maximum atomic E-state index is 14.7. The molecule has 5 nitrogen and oxygen atoms in total. The zero-order valence-electron chi connectivity index (χ0n) is 16.7. The van der Waals surface area contributed by atoms with Crippen molar-refractivity contribution < 1.29 is 17.6 Å². The first-order valence-electron chi connectivity index (χ1n) is 9.49. The predicted octanol–water partition coefficient (Wildman–Crippen LogP) is 5.61. The van der Waals surface area contributed by atoms with Crippen LogP contribution >= 0.6 is 0 Å². The summed E-state index contributed by atoms with van der Waals surface area (Å²) in [6.45, 7) is 3.96. The Bertz CT molecular complexity index is 1140. The maximum absolute atomic E-state index is 14.7. The van der Waals surface area contributed by atoms with Gasteiger partial charge in [-0.3, -0.25) is 0 Å². The van der Waals surface area contributed by atoms with E-state index in [4.69, 9.17) is 5.73 Å². The summed E-state index contributed by atoms with van der Waals surface area (Å²) >= 11 is 0. The molecule has 2 aliphatic heterocycles. The van der Waals surface area contributed by atoms with Crippen LogP contribution in [0.2, 0.25) is 0 Å². The van der Waals surface area contributed by atoms with Gasteiger partial charge in [0, 0.05) is 17.6 Å². The van der Waals surface area contributed by atoms with Gasteiger partial charge in [0.1, 0.15) is 0 Å². The Kier molecular flexibility index (Phi) is 5.04. The van der Waals surface area contributed by atoms with Gasteiger partial charge in [0.15, 0.2) is 17.5 Å². The lowest BCUT2D eigenvalue weighted by Crippen LogP contribution is -2.25. The molecule has 9 heteroatoms. The normalized spacial score (nSPS) is 18.2. The van der Waals surface area contributed by atoms with Crippen molar-refractivity contribution in [2.75, 3.05) is 11.1 Å². The number of nitrogen functional groups attached to an aromatic ring is 1. The van der Waals surface area contributed by atoms with Gasteiger partial charge in [0.25, 0.3) is 0 Å². The summed E-state index contributed by atoms with van der Waals surface area (Å²) in [6, 6.07) is 4.21. The van der Waals surface area contributed by atoms with E-state index in [1.54, 1.807) is 0 Å². The fourth-order valence-electron chi connectivity index (χ4n) is 3.40. The average Bonchev–Trinajstić information content (AvgIpc) is 2.72. The third-order valence-corrected chi connectivity index (χ3v) is 5.17. The first-order chi connectivity index (χ1) is 14.6. The highest BCUT2D eigenvalue weighted by molar-refractivity contribution is 5.71. The van der Waals surface area contributed by atoms with E-state index >= 15 is 0 Å². The zero-order chi connectivity index (χ0) is 22.3. The Balaban J connectivity index is 1.73. The summed E-state index contributed by atoms with van der Waals surface area (Å²) in [5, 5.41) is 2.71. The molecule has 2 aromatic rings. The Labute approximate surface area is 176 Å². The van der Waals surface area contributed by atoms with Gasteiger partial charge in [-0.05, 0) is 54.8 Å². The van der Waals surface area contributed by atoms with E-state index in [9.17, 15) is 17.6 Å². The van der Waals surface area contributed by atoms with Gasteiger partial charge in [-0.15, -0.1) is 0 Å². The number of benzene rings is 1. The average molecular weight is 429 g/mol. The number of aromatic nitrogens is 2. The smallest absolute Gasteiger partial charge is 0.381 e. The Morgan fingerprint density at radius 3 is 2.48 bits per heavy atom. The minimum atomic E-state index is -4.46. The fraction of sp³-hybridized carbons (Fsp3) is 0.182. The zero-order valence-corrected chi connectivity index (χ0v) is 16.7. The van der Waals surface area contributed by atoms with Gasteiger partial charge in [-0.2, -0.15) is 17.6 Å². The van der Waals surface area contributed by atoms with Crippen LogP contribution in [-0.4, -0.2) is 14.9 Å². The van der Waals surface area contributed by atoms with Crippen molar-refractivity contribution in [3.63, 3.8) is 0 Å². The summed E-state index contributed by atoms with van der Waals surface area (Å²) in [5.74, 6) is -1.15. The largest absolute Gasteiger partial charge is 0.416 e. The third kappa shape index (κ3) is 3.90. The van der Waals surface area contributed by atoms with Crippen LogP contribution in [0.1, 0.15) is 25.2 Å². The number of hydrogen-bond acceptors (Lipinski definition) is 5. The molecule has 0 saturated heterocycles. The quantitative estimate of drug-likeness (QED) is 0.621. The molecule has 0 amide bonds. The number of allylic oxidation sites excluding steroid dienone is 5. The molecule has 0 saturated carbocycles. The molecular weight excluding hydrogens is 410 g/mol. The maximum Gasteiger partial charge on any atom is 0.416 e. The minimum Gasteiger partial charge on any atom is -0.381 e. The van der Waals surface area contributed by atoms with Crippen LogP contribution in [0.15, 0.2) is 66.0 Å². The second kappa shape index (κ2) is 7.57. The molecule has 1 aromatic carbocycles. The van der Waals surface area contributed by atoms with Crippen LogP contribution in [0.3, 0.4) is 0 Å². The fourth-order valence-corrected chi connectivity index (χ4v) is 3.40. The molecule has 0 fully saturated rings. The van der Waals surface area contributed by atoms with Crippen molar-refractivity contribution in [1.29, 1.82) is 0 Å². The first-order valence-corrected chi connectivity index (χ1v) is 9.49. The van der Waals surface area contributed by atoms with E-state index in [0.717, 1.165) is 23.4 Å². The van der Waals surface area contributed by atoms with E-state index in [1.165, 1.54) is 12.1 Å². The lowest BCUT2D eigenvalue weighted by atomic mass is 9.93. The van der Waals surface area contributed by atoms with Gasteiger partial charge in [0.2, 0.25) is 5.82 Å². The van der Waals surface area contributed by atoms with Crippen molar-refractivity contribution in [3.05, 3.63) is 83.2 Å². The molecule has 3 N–H and O–H groups in total. The minimum absolute atomic E-state index is 0.0959. The number of fused-ring (bicyclic) bond motifs is 1. The molecule has 4 rings (SSSR count). The van der Waals surface area contributed by atoms with Crippen LogP contribution in [0, 0.1) is 11.7 Å². The SMILES string of the molecule is CC1=C(c2nc(N)c(F)c(Nc3ccc(C(F)(F)F)cc3)n2)N2C=CC=CC2=CC1C. The van der Waals surface area contributed by atoms with Gasteiger partial charge in [0.05, 0.1) is 11.3 Å². The number of anilines is 3. The summed E-state index contributed by atoms with van der Waals surface area (Å²) in [6.07, 6.45) is 5.19. The van der Waals surface area contributed by atoms with E-state index in [2.05, 4.69) is 21.4 Å². The number of rotatable bonds is 3. The van der Waals surface area contributed by atoms with E-state index in [-0.39, 0.29) is 29.1 Å². The number of nitrogens with one attached hydrogen (secondary N) is 1. The highest BCUT2D eigenvalue weighted by Crippen LogP contribution is 2.37. The summed E-state index contributed by atoms with van der Waals surface area (Å²) < 4.78 is 53.0. The van der Waals surface area contributed by atoms with Crippen LogP contribution in [0.4, 0.5) is 34.9 Å². The van der Waals surface area contributed by atoms with E-state index in [1.807, 2.05) is 43.2 Å². The molecule has 0 bridgehead atoms. The lowest BCUT2D eigenvalue weighted by Gasteiger charge is -2.33. The summed E-state index contributed by atoms with van der Waals surface area (Å²) in [7, 11) is 0. The molecule has 0 aliphatic carbocycles. The van der Waals surface area contributed by atoms with Crippen LogP contribution in [-0.2, 0) is 6.18 Å². The van der Waals surface area contributed by atoms with Crippen molar-refractivity contribution in [2.45, 2.75) is 20.0 Å². The van der Waals surface area contributed by atoms with Crippen LogP contribution < -0.4 is 11.1 Å². The molecule has 3 heterocycles. The van der Waals surface area contributed by atoms with Gasteiger partial charge in [-0.1, -0.05) is 19.1 Å². The highest BCUT2D eigenvalue weighted by atomic mass is 19.4. The third-order valence-electron chi connectivity index (χ3n) is 5.17. The van der Waals surface area contributed by atoms with Gasteiger partial charge < -0.3 is 16.0 Å². The van der Waals surface area contributed by atoms with Crippen LogP contribution in [0.5, 0.6) is 0 Å². The lowest BCUT2D eigenvalue weighted by molar-refractivity contribution is -0.137. The number of halogens is 4. The second-order valence-corrected chi connectivity index (χ2v) is 7.28. The van der Waals surface area contributed by atoms with Crippen LogP contribution in [0.25, 0.3) is 5.70 Å². The van der Waals surface area contributed by atoms with Gasteiger partial charge in [-0.25, -0.2) is 9.97 Å². The predicted molar refractivity (Wildman–Crippen MR) is 111 cm³/mol. The van der Waals surface area contributed by atoms with E-state index < -0.39 is 17.6 Å². The van der Waals surface area contributed by atoms with Gasteiger partial charge >= 0.3 is 6.18 Å². The highest BCUT2D eigenvalue weighted by Gasteiger charge is 2.30. The Morgan fingerprint density at radius 2 is 1.81 bits per heavy atom. The summed E-state index contributed by atoms with van der Waals surface area (Å²) in [5.41, 5.74) is 7.81. The van der Waals surface area contributed by atoms with Crippen molar-refractivity contribution in [2.24, 2.45) is 5.92 Å². The standard InChI is InChI=1S/C22H19F4N5/c1-12-11-16-5-3-4-10-31(16)18(13(12)2)21-29-19(27)17(23)20(30-21)28-15-8-6-14(7-9-15)22(24,25)26/h3-12H,1-2H3,(H3,27,28,29,30). The number of hydrogen-bond donors (Lipinski definition) is 2. The molecule has 160 valence electrons. The first kappa shape index (κ1) is 20.6. The second-order valence-electron chi connectivity index (χ2n) is 7.28. The van der Waals surface area contributed by atoms with Crippen molar-refractivity contribution in [3.8, 4) is 0 Å². The molecule has 1 atom stereocenters.